The Bertz CT molecular complexity index is 1040. The molecule has 2 aromatic heterocycles. The molecule has 140 valence electrons. The normalized spacial score (nSPS) is 11.4. The molecule has 0 saturated carbocycles. The molecule has 0 fully saturated rings. The molecule has 3 rings (SSSR count). The molecule has 0 aliphatic rings. The summed E-state index contributed by atoms with van der Waals surface area (Å²) in [4.78, 5) is 24.2. The zero-order valence-electron chi connectivity index (χ0n) is 15.3. The summed E-state index contributed by atoms with van der Waals surface area (Å²) in [7, 11) is 1.45. The number of benzene rings is 1. The lowest BCUT2D eigenvalue weighted by atomic mass is 10.1. The fraction of sp³-hybridized carbons (Fsp3) is 0.263. The maximum Gasteiger partial charge on any atom is 0.419 e. The molecule has 0 N–H and O–H groups in total. The van der Waals surface area contributed by atoms with Gasteiger partial charge in [0.25, 0.3) is 0 Å². The van der Waals surface area contributed by atoms with E-state index in [1.165, 1.54) is 11.7 Å². The van der Waals surface area contributed by atoms with E-state index in [1.807, 2.05) is 0 Å². The van der Waals surface area contributed by atoms with Crippen molar-refractivity contribution in [3.8, 4) is 17.1 Å². The first-order valence-corrected chi connectivity index (χ1v) is 8.53. The number of carbonyl (C=O) groups excluding carboxylic acids is 2. The van der Waals surface area contributed by atoms with Gasteiger partial charge >= 0.3 is 6.09 Å². The molecule has 27 heavy (non-hydrogen) atoms. The van der Waals surface area contributed by atoms with Gasteiger partial charge in [0.1, 0.15) is 11.9 Å². The molecule has 0 atom stereocenters. The highest BCUT2D eigenvalue weighted by Gasteiger charge is 2.25. The third-order valence-corrected chi connectivity index (χ3v) is 3.92. The Morgan fingerprint density at radius 2 is 1.93 bits per heavy atom. The van der Waals surface area contributed by atoms with Crippen LogP contribution in [0.25, 0.3) is 22.2 Å². The van der Waals surface area contributed by atoms with E-state index >= 15 is 0 Å². The number of nitrogens with zero attached hydrogens (tertiary/aromatic N) is 3. The SMILES string of the molecule is COc1nnc(Cl)cc1-c1cc2ccc(C=O)cc2n1C(=O)OC(C)(C)C. The van der Waals surface area contributed by atoms with Crippen LogP contribution < -0.4 is 4.74 Å². The molecule has 7 nitrogen and oxygen atoms in total. The van der Waals surface area contributed by atoms with Crippen LogP contribution in [0.15, 0.2) is 30.3 Å². The zero-order valence-corrected chi connectivity index (χ0v) is 16.1. The highest BCUT2D eigenvalue weighted by atomic mass is 35.5. The summed E-state index contributed by atoms with van der Waals surface area (Å²) >= 11 is 6.01. The Balaban J connectivity index is 2.32. The molecule has 0 amide bonds. The summed E-state index contributed by atoms with van der Waals surface area (Å²) in [6.45, 7) is 5.33. The van der Waals surface area contributed by atoms with Gasteiger partial charge in [-0.2, -0.15) is 0 Å². The second kappa shape index (κ2) is 7.00. The van der Waals surface area contributed by atoms with E-state index < -0.39 is 11.7 Å². The minimum Gasteiger partial charge on any atom is -0.479 e. The lowest BCUT2D eigenvalue weighted by molar-refractivity contribution is 0.0547. The number of rotatable bonds is 3. The molecule has 1 aromatic carbocycles. The van der Waals surface area contributed by atoms with Crippen LogP contribution in [0.4, 0.5) is 4.79 Å². The first-order chi connectivity index (χ1) is 12.7. The summed E-state index contributed by atoms with van der Waals surface area (Å²) in [5.74, 6) is 0.211. The molecule has 0 saturated heterocycles. The molecule has 0 aliphatic heterocycles. The molecule has 0 radical (unpaired) electrons. The van der Waals surface area contributed by atoms with Crippen molar-refractivity contribution in [2.45, 2.75) is 26.4 Å². The summed E-state index contributed by atoms with van der Waals surface area (Å²) in [6, 6.07) is 8.39. The average Bonchev–Trinajstić information content (AvgIpc) is 2.98. The number of hydrogen-bond donors (Lipinski definition) is 0. The van der Waals surface area contributed by atoms with E-state index in [1.54, 1.807) is 51.1 Å². The van der Waals surface area contributed by atoms with Crippen LogP contribution in [0.1, 0.15) is 31.1 Å². The molecule has 0 aliphatic carbocycles. The van der Waals surface area contributed by atoms with Crippen LogP contribution in [-0.4, -0.2) is 39.9 Å². The predicted molar refractivity (Wildman–Crippen MR) is 102 cm³/mol. The minimum absolute atomic E-state index is 0.153. The predicted octanol–water partition coefficient (Wildman–Crippen LogP) is 4.36. The van der Waals surface area contributed by atoms with Crippen molar-refractivity contribution in [2.24, 2.45) is 0 Å². The number of methoxy groups -OCH3 is 1. The van der Waals surface area contributed by atoms with E-state index in [0.29, 0.717) is 22.3 Å². The minimum atomic E-state index is -0.703. The molecule has 3 aromatic rings. The number of aromatic nitrogens is 3. The first kappa shape index (κ1) is 18.8. The topological polar surface area (TPSA) is 83.3 Å². The van der Waals surface area contributed by atoms with Crippen molar-refractivity contribution < 1.29 is 19.1 Å². The maximum atomic E-state index is 13.0. The van der Waals surface area contributed by atoms with Gasteiger partial charge < -0.3 is 9.47 Å². The van der Waals surface area contributed by atoms with E-state index in [0.717, 1.165) is 11.7 Å². The second-order valence-corrected chi connectivity index (χ2v) is 7.26. The van der Waals surface area contributed by atoms with Gasteiger partial charge in [0.2, 0.25) is 5.88 Å². The Hall–Kier alpha value is -2.93. The Morgan fingerprint density at radius 1 is 1.19 bits per heavy atom. The van der Waals surface area contributed by atoms with E-state index in [9.17, 15) is 9.59 Å². The second-order valence-electron chi connectivity index (χ2n) is 6.87. The lowest BCUT2D eigenvalue weighted by Gasteiger charge is -2.21. The van der Waals surface area contributed by atoms with Crippen molar-refractivity contribution in [1.82, 2.24) is 14.8 Å². The van der Waals surface area contributed by atoms with Crippen molar-refractivity contribution in [3.05, 3.63) is 41.0 Å². The first-order valence-electron chi connectivity index (χ1n) is 8.15. The number of ether oxygens (including phenoxy) is 2. The van der Waals surface area contributed by atoms with Crippen LogP contribution in [-0.2, 0) is 4.74 Å². The fourth-order valence-corrected chi connectivity index (χ4v) is 2.83. The number of hydrogen-bond acceptors (Lipinski definition) is 6. The van der Waals surface area contributed by atoms with Gasteiger partial charge in [0, 0.05) is 10.9 Å². The van der Waals surface area contributed by atoms with E-state index in [4.69, 9.17) is 21.1 Å². The van der Waals surface area contributed by atoms with Crippen molar-refractivity contribution in [3.63, 3.8) is 0 Å². The summed E-state index contributed by atoms with van der Waals surface area (Å²) in [5.41, 5.74) is 1.21. The monoisotopic (exact) mass is 387 g/mol. The van der Waals surface area contributed by atoms with Crippen LogP contribution >= 0.6 is 11.6 Å². The smallest absolute Gasteiger partial charge is 0.419 e. The summed E-state index contributed by atoms with van der Waals surface area (Å²) in [6.07, 6.45) is 0.127. The third-order valence-electron chi connectivity index (χ3n) is 3.74. The Labute approximate surface area is 160 Å². The van der Waals surface area contributed by atoms with Crippen molar-refractivity contribution in [1.29, 1.82) is 0 Å². The quantitative estimate of drug-likeness (QED) is 0.621. The maximum absolute atomic E-state index is 13.0. The molecular formula is C19H18ClN3O4. The lowest BCUT2D eigenvalue weighted by Crippen LogP contribution is -2.27. The molecular weight excluding hydrogens is 370 g/mol. The molecule has 0 unspecified atom stereocenters. The van der Waals surface area contributed by atoms with Gasteiger partial charge in [0.15, 0.2) is 5.15 Å². The summed E-state index contributed by atoms with van der Waals surface area (Å²) < 4.78 is 12.2. The van der Waals surface area contributed by atoms with Crippen LogP contribution in [0, 0.1) is 0 Å². The van der Waals surface area contributed by atoms with Gasteiger partial charge in [-0.3, -0.25) is 4.79 Å². The van der Waals surface area contributed by atoms with E-state index in [-0.39, 0.29) is 11.0 Å². The molecule has 8 heteroatoms. The van der Waals surface area contributed by atoms with Gasteiger partial charge in [-0.1, -0.05) is 23.7 Å². The van der Waals surface area contributed by atoms with Crippen LogP contribution in [0.2, 0.25) is 5.15 Å². The van der Waals surface area contributed by atoms with Gasteiger partial charge in [-0.05, 0) is 39.0 Å². The summed E-state index contributed by atoms with van der Waals surface area (Å²) in [5, 5.41) is 8.60. The fourth-order valence-electron chi connectivity index (χ4n) is 2.68. The number of halogens is 1. The third kappa shape index (κ3) is 3.78. The number of aldehydes is 1. The number of fused-ring (bicyclic) bond motifs is 1. The van der Waals surface area contributed by atoms with Crippen LogP contribution in [0.3, 0.4) is 0 Å². The Kier molecular flexibility index (Phi) is 4.89. The highest BCUT2D eigenvalue weighted by Crippen LogP contribution is 2.35. The average molecular weight is 388 g/mol. The standard InChI is InChI=1S/C19H18ClN3O4/c1-19(2,3)27-18(25)23-14-7-11(10-24)5-6-12(14)8-15(23)13-9-16(20)21-22-17(13)26-4/h5-10H,1-4H3. The largest absolute Gasteiger partial charge is 0.479 e. The van der Waals surface area contributed by atoms with Gasteiger partial charge in [-0.15, -0.1) is 10.2 Å². The van der Waals surface area contributed by atoms with E-state index in [2.05, 4.69) is 10.2 Å². The molecule has 2 heterocycles. The Morgan fingerprint density at radius 3 is 2.56 bits per heavy atom. The zero-order chi connectivity index (χ0) is 19.8. The number of carbonyl (C=O) groups is 2. The van der Waals surface area contributed by atoms with Crippen molar-refractivity contribution in [2.75, 3.05) is 7.11 Å². The van der Waals surface area contributed by atoms with Gasteiger partial charge in [-0.25, -0.2) is 9.36 Å². The highest BCUT2D eigenvalue weighted by molar-refractivity contribution is 6.29. The molecule has 0 bridgehead atoms. The molecule has 0 spiro atoms. The van der Waals surface area contributed by atoms with Crippen LogP contribution in [0.5, 0.6) is 5.88 Å². The van der Waals surface area contributed by atoms with Crippen molar-refractivity contribution >= 4 is 34.9 Å². The van der Waals surface area contributed by atoms with Gasteiger partial charge in [0.05, 0.1) is 23.9 Å².